The van der Waals surface area contributed by atoms with Crippen LogP contribution in [0.1, 0.15) is 63.1 Å². The minimum atomic E-state index is 0.0783. The van der Waals surface area contributed by atoms with Crippen molar-refractivity contribution in [3.8, 4) is 0 Å². The van der Waals surface area contributed by atoms with Crippen molar-refractivity contribution in [2.75, 3.05) is 0 Å². The van der Waals surface area contributed by atoms with Gasteiger partial charge < -0.3 is 15.0 Å². The number of rotatable bonds is 4. The second-order valence-corrected chi connectivity index (χ2v) is 5.57. The molecule has 1 aromatic rings. The molecule has 2 N–H and O–H groups in total. The normalized spacial score (nSPS) is 33.8. The molecular weight excluding hydrogens is 230 g/mol. The number of hydrogen-bond acceptors (Lipinski definition) is 5. The Bertz CT molecular complexity index is 420. The van der Waals surface area contributed by atoms with Gasteiger partial charge >= 0.3 is 0 Å². The molecule has 100 valence electrons. The molecule has 18 heavy (non-hydrogen) atoms. The molecule has 0 amide bonds. The van der Waals surface area contributed by atoms with Gasteiger partial charge in [-0.15, -0.1) is 0 Å². The molecule has 1 aromatic heterocycles. The fraction of sp³-hybridized carbons (Fsp3) is 0.846. The van der Waals surface area contributed by atoms with Crippen molar-refractivity contribution in [2.45, 2.75) is 69.6 Å². The molecule has 3 heterocycles. The molecule has 5 atom stereocenters. The molecule has 2 saturated heterocycles. The van der Waals surface area contributed by atoms with Crippen molar-refractivity contribution in [3.63, 3.8) is 0 Å². The van der Waals surface area contributed by atoms with Gasteiger partial charge in [-0.2, -0.15) is 4.98 Å². The Morgan fingerprint density at radius 2 is 2.28 bits per heavy atom. The highest BCUT2D eigenvalue weighted by Crippen LogP contribution is 2.43. The first-order valence-electron chi connectivity index (χ1n) is 6.93. The number of hydrogen-bond donors (Lipinski definition) is 1. The second-order valence-electron chi connectivity index (χ2n) is 5.57. The smallest absolute Gasteiger partial charge is 0.231 e. The van der Waals surface area contributed by atoms with E-state index in [0.29, 0.717) is 24.0 Å². The lowest BCUT2D eigenvalue weighted by atomic mass is 9.89. The fourth-order valence-corrected chi connectivity index (χ4v) is 3.03. The first-order valence-corrected chi connectivity index (χ1v) is 6.93. The lowest BCUT2D eigenvalue weighted by Crippen LogP contribution is -2.25. The van der Waals surface area contributed by atoms with Crippen molar-refractivity contribution >= 4 is 0 Å². The summed E-state index contributed by atoms with van der Waals surface area (Å²) in [7, 11) is 0. The molecule has 5 nitrogen and oxygen atoms in total. The van der Waals surface area contributed by atoms with Gasteiger partial charge in [0.05, 0.1) is 24.0 Å². The summed E-state index contributed by atoms with van der Waals surface area (Å²) in [6.45, 7) is 4.12. The first kappa shape index (κ1) is 12.1. The van der Waals surface area contributed by atoms with Gasteiger partial charge in [-0.1, -0.05) is 19.0 Å². The highest BCUT2D eigenvalue weighted by atomic mass is 16.5. The molecule has 2 fully saturated rings. The predicted octanol–water partition coefficient (Wildman–Crippen LogP) is 1.95. The van der Waals surface area contributed by atoms with Crippen molar-refractivity contribution in [2.24, 2.45) is 5.73 Å². The predicted molar refractivity (Wildman–Crippen MR) is 66.2 cm³/mol. The quantitative estimate of drug-likeness (QED) is 0.885. The van der Waals surface area contributed by atoms with Crippen molar-refractivity contribution < 1.29 is 9.26 Å². The van der Waals surface area contributed by atoms with Gasteiger partial charge in [-0.3, -0.25) is 0 Å². The van der Waals surface area contributed by atoms with E-state index in [1.54, 1.807) is 0 Å². The SMILES string of the molecule is CCC(N)C(C)c1nc(C2CC3CCC2O3)no1. The van der Waals surface area contributed by atoms with E-state index in [2.05, 4.69) is 17.1 Å². The van der Waals surface area contributed by atoms with Crippen LogP contribution in [0.3, 0.4) is 0 Å². The maximum atomic E-state index is 6.02. The zero-order valence-corrected chi connectivity index (χ0v) is 11.0. The average molecular weight is 251 g/mol. The molecule has 0 aromatic carbocycles. The van der Waals surface area contributed by atoms with E-state index in [1.165, 1.54) is 6.42 Å². The zero-order valence-electron chi connectivity index (χ0n) is 11.0. The Balaban J connectivity index is 1.74. The monoisotopic (exact) mass is 251 g/mol. The second kappa shape index (κ2) is 4.63. The molecule has 0 saturated carbocycles. The molecule has 3 rings (SSSR count). The third kappa shape index (κ3) is 1.95. The van der Waals surface area contributed by atoms with Crippen LogP contribution in [0.4, 0.5) is 0 Å². The lowest BCUT2D eigenvalue weighted by molar-refractivity contribution is 0.0996. The van der Waals surface area contributed by atoms with E-state index >= 15 is 0 Å². The number of nitrogens with two attached hydrogens (primary N) is 1. The van der Waals surface area contributed by atoms with Gasteiger partial charge in [0, 0.05) is 6.04 Å². The maximum absolute atomic E-state index is 6.02. The molecular formula is C13H21N3O2. The highest BCUT2D eigenvalue weighted by Gasteiger charge is 2.43. The third-order valence-corrected chi connectivity index (χ3v) is 4.40. The summed E-state index contributed by atoms with van der Waals surface area (Å²) in [4.78, 5) is 4.54. The van der Waals surface area contributed by atoms with E-state index in [-0.39, 0.29) is 12.0 Å². The van der Waals surface area contributed by atoms with Crippen LogP contribution in [0.15, 0.2) is 4.52 Å². The Hall–Kier alpha value is -0.940. The molecule has 5 unspecified atom stereocenters. The topological polar surface area (TPSA) is 74.2 Å². The lowest BCUT2D eigenvalue weighted by Gasteiger charge is -2.15. The van der Waals surface area contributed by atoms with Crippen LogP contribution in [0.25, 0.3) is 0 Å². The van der Waals surface area contributed by atoms with Crippen molar-refractivity contribution in [3.05, 3.63) is 11.7 Å². The summed E-state index contributed by atoms with van der Waals surface area (Å²) in [5.74, 6) is 1.93. The van der Waals surface area contributed by atoms with Crippen LogP contribution in [-0.2, 0) is 4.74 Å². The summed E-state index contributed by atoms with van der Waals surface area (Å²) < 4.78 is 11.2. The van der Waals surface area contributed by atoms with E-state index in [9.17, 15) is 0 Å². The highest BCUT2D eigenvalue weighted by molar-refractivity contribution is 5.08. The van der Waals surface area contributed by atoms with Crippen LogP contribution in [0.2, 0.25) is 0 Å². The number of aromatic nitrogens is 2. The van der Waals surface area contributed by atoms with Gasteiger partial charge in [-0.25, -0.2) is 0 Å². The summed E-state index contributed by atoms with van der Waals surface area (Å²) in [5.41, 5.74) is 6.02. The zero-order chi connectivity index (χ0) is 12.7. The molecule has 2 bridgehead atoms. The number of fused-ring (bicyclic) bond motifs is 2. The fourth-order valence-electron chi connectivity index (χ4n) is 3.03. The van der Waals surface area contributed by atoms with Gasteiger partial charge in [0.25, 0.3) is 0 Å². The van der Waals surface area contributed by atoms with Gasteiger partial charge in [-0.05, 0) is 25.7 Å². The van der Waals surface area contributed by atoms with Crippen LogP contribution < -0.4 is 5.73 Å². The molecule has 2 aliphatic rings. The standard InChI is InChI=1S/C13H21N3O2/c1-3-10(14)7(2)13-15-12(16-18-13)9-6-8-4-5-11(9)17-8/h7-11H,3-6,14H2,1-2H3. The summed E-state index contributed by atoms with van der Waals surface area (Å²) in [5, 5.41) is 4.13. The minimum Gasteiger partial charge on any atom is -0.374 e. The van der Waals surface area contributed by atoms with E-state index in [4.69, 9.17) is 15.0 Å². The number of nitrogens with zero attached hydrogens (tertiary/aromatic N) is 2. The largest absolute Gasteiger partial charge is 0.374 e. The van der Waals surface area contributed by atoms with Gasteiger partial charge in [0.15, 0.2) is 5.82 Å². The minimum absolute atomic E-state index is 0.0783. The molecule has 0 spiro atoms. The van der Waals surface area contributed by atoms with Gasteiger partial charge in [0.1, 0.15) is 0 Å². The molecule has 5 heteroatoms. The van der Waals surface area contributed by atoms with E-state index in [0.717, 1.165) is 25.1 Å². The van der Waals surface area contributed by atoms with E-state index in [1.807, 2.05) is 6.92 Å². The number of ether oxygens (including phenoxy) is 1. The van der Waals surface area contributed by atoms with Crippen molar-refractivity contribution in [1.29, 1.82) is 0 Å². The Morgan fingerprint density at radius 1 is 1.44 bits per heavy atom. The maximum Gasteiger partial charge on any atom is 0.231 e. The van der Waals surface area contributed by atoms with Crippen LogP contribution in [0.5, 0.6) is 0 Å². The first-order chi connectivity index (χ1) is 8.69. The molecule has 0 radical (unpaired) electrons. The van der Waals surface area contributed by atoms with Crippen LogP contribution in [0, 0.1) is 0 Å². The third-order valence-electron chi connectivity index (χ3n) is 4.40. The molecule has 2 aliphatic heterocycles. The van der Waals surface area contributed by atoms with Crippen molar-refractivity contribution in [1.82, 2.24) is 10.1 Å². The summed E-state index contributed by atoms with van der Waals surface area (Å²) in [6, 6.07) is 0.0783. The average Bonchev–Trinajstić information content (AvgIpc) is 3.10. The Labute approximate surface area is 107 Å². The summed E-state index contributed by atoms with van der Waals surface area (Å²) >= 11 is 0. The Morgan fingerprint density at radius 3 is 2.89 bits per heavy atom. The van der Waals surface area contributed by atoms with Gasteiger partial charge in [0.2, 0.25) is 5.89 Å². The van der Waals surface area contributed by atoms with Crippen LogP contribution in [-0.4, -0.2) is 28.4 Å². The van der Waals surface area contributed by atoms with Crippen LogP contribution >= 0.6 is 0 Å². The Kier molecular flexibility index (Phi) is 3.11. The summed E-state index contributed by atoms with van der Waals surface area (Å²) in [6.07, 6.45) is 4.98. The molecule has 0 aliphatic carbocycles. The van der Waals surface area contributed by atoms with E-state index < -0.39 is 0 Å².